The minimum Gasteiger partial charge on any atom is -0.504 e. The molecule has 0 spiro atoms. The summed E-state index contributed by atoms with van der Waals surface area (Å²) < 4.78 is 0. The van der Waals surface area contributed by atoms with E-state index in [1.165, 1.54) is 37.9 Å². The molecule has 3 heteroatoms. The number of hydrogen-bond acceptors (Lipinski definition) is 3. The summed E-state index contributed by atoms with van der Waals surface area (Å²) in [5.41, 5.74) is 2.21. The van der Waals surface area contributed by atoms with Crippen molar-refractivity contribution in [2.75, 3.05) is 13.1 Å². The molecule has 1 aromatic carbocycles. The maximum absolute atomic E-state index is 10.0. The third-order valence-electron chi connectivity index (χ3n) is 4.80. The molecule has 2 atom stereocenters. The Bertz CT molecular complexity index is 471. The van der Waals surface area contributed by atoms with Gasteiger partial charge in [0.1, 0.15) is 0 Å². The molecule has 0 amide bonds. The van der Waals surface area contributed by atoms with Crippen molar-refractivity contribution in [1.29, 1.82) is 0 Å². The molecule has 0 bridgehead atoms. The van der Waals surface area contributed by atoms with Crippen molar-refractivity contribution < 1.29 is 10.2 Å². The molecule has 1 fully saturated rings. The average Bonchev–Trinajstić information content (AvgIpc) is 2.52. The Hall–Kier alpha value is -1.22. The Balaban J connectivity index is 0.000000774. The second-order valence-corrected chi connectivity index (χ2v) is 5.98. The maximum Gasteiger partial charge on any atom is 0.160 e. The molecule has 0 unspecified atom stereocenters. The van der Waals surface area contributed by atoms with Gasteiger partial charge in [-0.15, -0.1) is 0 Å². The van der Waals surface area contributed by atoms with E-state index in [1.54, 1.807) is 6.07 Å². The van der Waals surface area contributed by atoms with Gasteiger partial charge < -0.3 is 10.2 Å². The predicted molar refractivity (Wildman–Crippen MR) is 86.9 cm³/mol. The molecule has 0 saturated carbocycles. The third kappa shape index (κ3) is 3.18. The van der Waals surface area contributed by atoms with Crippen LogP contribution in [0.3, 0.4) is 0 Å². The molecule has 1 aliphatic carbocycles. The first-order chi connectivity index (χ1) is 10.2. The molecule has 2 N–H and O–H groups in total. The van der Waals surface area contributed by atoms with E-state index in [1.807, 2.05) is 19.9 Å². The SMILES string of the molecule is CC.CCCN1CCC[C@H]2Cc3c(ccc(O)c3O)C[C@@H]21. The van der Waals surface area contributed by atoms with Gasteiger partial charge in [0.05, 0.1) is 0 Å². The Morgan fingerprint density at radius 2 is 1.95 bits per heavy atom. The number of phenolic OH excluding ortho intramolecular Hbond substituents is 2. The first kappa shape index (κ1) is 16.2. The molecule has 21 heavy (non-hydrogen) atoms. The number of likely N-dealkylation sites (tertiary alicyclic amines) is 1. The van der Waals surface area contributed by atoms with Crippen LogP contribution in [-0.4, -0.2) is 34.2 Å². The van der Waals surface area contributed by atoms with Crippen LogP contribution in [0.2, 0.25) is 0 Å². The van der Waals surface area contributed by atoms with Gasteiger partial charge in [-0.3, -0.25) is 4.90 Å². The molecule has 0 radical (unpaired) electrons. The lowest BCUT2D eigenvalue weighted by Gasteiger charge is -2.44. The van der Waals surface area contributed by atoms with Crippen molar-refractivity contribution in [3.05, 3.63) is 23.3 Å². The van der Waals surface area contributed by atoms with Crippen molar-refractivity contribution in [3.8, 4) is 11.5 Å². The minimum atomic E-state index is 0.0263. The summed E-state index contributed by atoms with van der Waals surface area (Å²) in [4.78, 5) is 2.63. The lowest BCUT2D eigenvalue weighted by atomic mass is 9.75. The zero-order chi connectivity index (χ0) is 15.4. The summed E-state index contributed by atoms with van der Waals surface area (Å²) in [5.74, 6) is 0.780. The van der Waals surface area contributed by atoms with E-state index in [9.17, 15) is 10.2 Å². The molecule has 1 aromatic rings. The summed E-state index contributed by atoms with van der Waals surface area (Å²) >= 11 is 0. The molecular formula is C18H29NO2. The second kappa shape index (κ2) is 7.17. The summed E-state index contributed by atoms with van der Waals surface area (Å²) in [6.45, 7) is 8.64. The molecular weight excluding hydrogens is 262 g/mol. The van der Waals surface area contributed by atoms with Crippen LogP contribution >= 0.6 is 0 Å². The van der Waals surface area contributed by atoms with Crippen LogP contribution in [0.25, 0.3) is 0 Å². The fourth-order valence-corrected chi connectivity index (χ4v) is 3.88. The van der Waals surface area contributed by atoms with E-state index in [0.29, 0.717) is 12.0 Å². The van der Waals surface area contributed by atoms with Gasteiger partial charge in [-0.05, 0) is 62.7 Å². The molecule has 1 heterocycles. The standard InChI is InChI=1S/C16H23NO2.C2H6/c1-2-7-17-8-3-4-12-9-13-11(10-14(12)17)5-6-15(18)16(13)19;1-2/h5-6,12,14,18-19H,2-4,7-10H2,1H3;1-2H3/t12-,14-;/m0./s1. The third-order valence-corrected chi connectivity index (χ3v) is 4.80. The number of rotatable bonds is 2. The molecule has 1 saturated heterocycles. The number of nitrogens with zero attached hydrogens (tertiary/aromatic N) is 1. The fraction of sp³-hybridized carbons (Fsp3) is 0.667. The first-order valence-electron chi connectivity index (χ1n) is 8.47. The molecule has 2 aliphatic rings. The van der Waals surface area contributed by atoms with E-state index in [0.717, 1.165) is 18.4 Å². The number of phenols is 2. The molecule has 3 rings (SSSR count). The minimum absolute atomic E-state index is 0.0263. The van der Waals surface area contributed by atoms with Gasteiger partial charge in [0, 0.05) is 11.6 Å². The molecule has 3 nitrogen and oxygen atoms in total. The van der Waals surface area contributed by atoms with E-state index in [4.69, 9.17) is 0 Å². The van der Waals surface area contributed by atoms with Crippen molar-refractivity contribution in [2.45, 2.75) is 58.9 Å². The second-order valence-electron chi connectivity index (χ2n) is 5.98. The predicted octanol–water partition coefficient (Wildman–Crippen LogP) is 3.71. The van der Waals surface area contributed by atoms with Gasteiger partial charge in [0.25, 0.3) is 0 Å². The quantitative estimate of drug-likeness (QED) is 0.816. The fourth-order valence-electron chi connectivity index (χ4n) is 3.88. The smallest absolute Gasteiger partial charge is 0.160 e. The topological polar surface area (TPSA) is 43.7 Å². The zero-order valence-electron chi connectivity index (χ0n) is 13.6. The Kier molecular flexibility index (Phi) is 5.51. The van der Waals surface area contributed by atoms with Gasteiger partial charge in [-0.25, -0.2) is 0 Å². The van der Waals surface area contributed by atoms with Crippen molar-refractivity contribution in [3.63, 3.8) is 0 Å². The van der Waals surface area contributed by atoms with Crippen LogP contribution in [0.15, 0.2) is 12.1 Å². The van der Waals surface area contributed by atoms with E-state index in [2.05, 4.69) is 11.8 Å². The van der Waals surface area contributed by atoms with Crippen molar-refractivity contribution in [1.82, 2.24) is 4.90 Å². The van der Waals surface area contributed by atoms with E-state index >= 15 is 0 Å². The van der Waals surface area contributed by atoms with Crippen LogP contribution in [0, 0.1) is 5.92 Å². The van der Waals surface area contributed by atoms with Gasteiger partial charge in [0.15, 0.2) is 11.5 Å². The summed E-state index contributed by atoms with van der Waals surface area (Å²) in [6, 6.07) is 4.24. The zero-order valence-corrected chi connectivity index (χ0v) is 13.6. The van der Waals surface area contributed by atoms with E-state index in [-0.39, 0.29) is 11.5 Å². The summed E-state index contributed by atoms with van der Waals surface area (Å²) in [7, 11) is 0. The number of aromatic hydroxyl groups is 2. The Labute approximate surface area is 128 Å². The highest BCUT2D eigenvalue weighted by Crippen LogP contribution is 2.41. The van der Waals surface area contributed by atoms with Crippen LogP contribution in [0.4, 0.5) is 0 Å². The van der Waals surface area contributed by atoms with Crippen molar-refractivity contribution >= 4 is 0 Å². The lowest BCUT2D eigenvalue weighted by molar-refractivity contribution is 0.0848. The normalized spacial score (nSPS) is 24.5. The Morgan fingerprint density at radius 3 is 2.67 bits per heavy atom. The highest BCUT2D eigenvalue weighted by atomic mass is 16.3. The average molecular weight is 291 g/mol. The Morgan fingerprint density at radius 1 is 1.19 bits per heavy atom. The van der Waals surface area contributed by atoms with Crippen LogP contribution in [-0.2, 0) is 12.8 Å². The van der Waals surface area contributed by atoms with Crippen LogP contribution in [0.5, 0.6) is 11.5 Å². The maximum atomic E-state index is 10.0. The molecule has 1 aliphatic heterocycles. The number of piperidine rings is 1. The monoisotopic (exact) mass is 291 g/mol. The van der Waals surface area contributed by atoms with Gasteiger partial charge in [0.2, 0.25) is 0 Å². The highest BCUT2D eigenvalue weighted by molar-refractivity contribution is 5.50. The summed E-state index contributed by atoms with van der Waals surface area (Å²) in [6.07, 6.45) is 5.65. The first-order valence-corrected chi connectivity index (χ1v) is 8.47. The van der Waals surface area contributed by atoms with Gasteiger partial charge >= 0.3 is 0 Å². The van der Waals surface area contributed by atoms with E-state index < -0.39 is 0 Å². The molecule has 0 aromatic heterocycles. The lowest BCUT2D eigenvalue weighted by Crippen LogP contribution is -2.49. The van der Waals surface area contributed by atoms with Crippen molar-refractivity contribution in [2.24, 2.45) is 5.92 Å². The molecule has 118 valence electrons. The van der Waals surface area contributed by atoms with Gasteiger partial charge in [-0.1, -0.05) is 26.8 Å². The largest absolute Gasteiger partial charge is 0.504 e. The van der Waals surface area contributed by atoms with Crippen LogP contribution in [0.1, 0.15) is 51.2 Å². The number of hydrogen-bond donors (Lipinski definition) is 2. The summed E-state index contributed by atoms with van der Waals surface area (Å²) in [5, 5.41) is 19.7. The number of benzene rings is 1. The van der Waals surface area contributed by atoms with Crippen LogP contribution < -0.4 is 0 Å². The number of fused-ring (bicyclic) bond motifs is 2. The highest BCUT2D eigenvalue weighted by Gasteiger charge is 2.36. The van der Waals surface area contributed by atoms with Gasteiger partial charge in [-0.2, -0.15) is 0 Å².